The molecule has 1 unspecified atom stereocenters. The lowest BCUT2D eigenvalue weighted by Crippen LogP contribution is -2.51. The summed E-state index contributed by atoms with van der Waals surface area (Å²) in [4.78, 5) is 14.6. The van der Waals surface area contributed by atoms with Crippen molar-refractivity contribution >= 4 is 5.91 Å². The lowest BCUT2D eigenvalue weighted by atomic mass is 9.95. The first kappa shape index (κ1) is 13.9. The van der Waals surface area contributed by atoms with E-state index in [2.05, 4.69) is 24.1 Å². The van der Waals surface area contributed by atoms with E-state index >= 15 is 0 Å². The van der Waals surface area contributed by atoms with Crippen molar-refractivity contribution in [1.82, 2.24) is 10.2 Å². The third-order valence-corrected chi connectivity index (χ3v) is 5.02. The Morgan fingerprint density at radius 2 is 1.94 bits per heavy atom. The molecule has 104 valence electrons. The van der Waals surface area contributed by atoms with E-state index in [1.54, 1.807) is 0 Å². The van der Waals surface area contributed by atoms with Crippen LogP contribution in [0.1, 0.15) is 58.8 Å². The molecule has 2 aliphatic carbocycles. The Morgan fingerprint density at radius 1 is 1.33 bits per heavy atom. The fourth-order valence-corrected chi connectivity index (χ4v) is 3.49. The van der Waals surface area contributed by atoms with Gasteiger partial charge >= 0.3 is 0 Å². The molecule has 3 nitrogen and oxygen atoms in total. The van der Waals surface area contributed by atoms with Crippen molar-refractivity contribution in [3.63, 3.8) is 0 Å². The molecule has 0 aromatic heterocycles. The van der Waals surface area contributed by atoms with Gasteiger partial charge in [-0.1, -0.05) is 26.7 Å². The number of likely N-dealkylation sites (N-methyl/N-ethyl adjacent to an activating group) is 1. The van der Waals surface area contributed by atoms with Gasteiger partial charge in [0.1, 0.15) is 0 Å². The minimum atomic E-state index is 0.0499. The summed E-state index contributed by atoms with van der Waals surface area (Å²) >= 11 is 0. The first-order valence-electron chi connectivity index (χ1n) is 7.65. The fraction of sp³-hybridized carbons (Fsp3) is 0.933. The van der Waals surface area contributed by atoms with Gasteiger partial charge in [0.25, 0.3) is 0 Å². The zero-order valence-electron chi connectivity index (χ0n) is 12.2. The molecule has 3 heteroatoms. The number of rotatable bonds is 6. The van der Waals surface area contributed by atoms with Crippen LogP contribution in [-0.2, 0) is 4.79 Å². The number of carbonyl (C=O) groups is 1. The number of nitrogens with one attached hydrogen (secondary N) is 1. The summed E-state index contributed by atoms with van der Waals surface area (Å²) in [5.74, 6) is 1.01. The Hall–Kier alpha value is -0.570. The average molecular weight is 252 g/mol. The topological polar surface area (TPSA) is 32.3 Å². The summed E-state index contributed by atoms with van der Waals surface area (Å²) in [6, 6.07) is 0.0499. The maximum atomic E-state index is 12.4. The third-order valence-electron chi connectivity index (χ3n) is 5.02. The molecule has 0 radical (unpaired) electrons. The van der Waals surface area contributed by atoms with Gasteiger partial charge in [-0.15, -0.1) is 0 Å². The smallest absolute Gasteiger partial charge is 0.237 e. The summed E-state index contributed by atoms with van der Waals surface area (Å²) in [5.41, 5.74) is 0.190. The maximum Gasteiger partial charge on any atom is 0.237 e. The molecule has 1 atom stereocenters. The quantitative estimate of drug-likeness (QED) is 0.788. The molecule has 2 saturated carbocycles. The Balaban J connectivity index is 1.93. The van der Waals surface area contributed by atoms with Crippen molar-refractivity contribution in [2.24, 2.45) is 5.92 Å². The van der Waals surface area contributed by atoms with E-state index in [0.29, 0.717) is 0 Å². The normalized spacial score (nSPS) is 24.2. The van der Waals surface area contributed by atoms with E-state index in [1.165, 1.54) is 38.5 Å². The lowest BCUT2D eigenvalue weighted by Gasteiger charge is -2.30. The highest BCUT2D eigenvalue weighted by atomic mass is 16.2. The second kappa shape index (κ2) is 5.60. The largest absolute Gasteiger partial charge is 0.349 e. The molecule has 2 fully saturated rings. The number of hydrogen-bond donors (Lipinski definition) is 1. The highest BCUT2D eigenvalue weighted by molar-refractivity contribution is 5.82. The van der Waals surface area contributed by atoms with E-state index in [1.807, 2.05) is 7.05 Å². The molecule has 2 rings (SSSR count). The summed E-state index contributed by atoms with van der Waals surface area (Å²) in [6.07, 6.45) is 8.66. The van der Waals surface area contributed by atoms with Gasteiger partial charge in [-0.3, -0.25) is 9.69 Å². The summed E-state index contributed by atoms with van der Waals surface area (Å²) in [6.45, 7) is 5.15. The van der Waals surface area contributed by atoms with Crippen LogP contribution in [-0.4, -0.2) is 36.0 Å². The van der Waals surface area contributed by atoms with Gasteiger partial charge in [0.05, 0.1) is 6.04 Å². The standard InChI is InChI=1S/C15H28N2O/c1-4-13(17(3)5-2)14(18)16-15(10-11-15)12-8-6-7-9-12/h12-13H,4-11H2,1-3H3,(H,16,18). The van der Waals surface area contributed by atoms with E-state index in [9.17, 15) is 4.79 Å². The van der Waals surface area contributed by atoms with Crippen LogP contribution in [0.2, 0.25) is 0 Å². The molecule has 0 heterocycles. The van der Waals surface area contributed by atoms with Crippen molar-refractivity contribution < 1.29 is 4.79 Å². The monoisotopic (exact) mass is 252 g/mol. The van der Waals surface area contributed by atoms with E-state index in [-0.39, 0.29) is 17.5 Å². The second-order valence-electron chi connectivity index (χ2n) is 6.12. The van der Waals surface area contributed by atoms with Gasteiger partial charge < -0.3 is 5.32 Å². The molecule has 2 aliphatic rings. The van der Waals surface area contributed by atoms with Crippen LogP contribution in [0.5, 0.6) is 0 Å². The average Bonchev–Trinajstić information content (AvgIpc) is 2.94. The zero-order valence-corrected chi connectivity index (χ0v) is 12.2. The van der Waals surface area contributed by atoms with Crippen molar-refractivity contribution in [2.45, 2.75) is 70.4 Å². The Morgan fingerprint density at radius 3 is 2.39 bits per heavy atom. The molecule has 0 aliphatic heterocycles. The molecule has 18 heavy (non-hydrogen) atoms. The molecule has 1 N–H and O–H groups in total. The van der Waals surface area contributed by atoms with Gasteiger partial charge in [-0.2, -0.15) is 0 Å². The highest BCUT2D eigenvalue weighted by Gasteiger charge is 2.51. The van der Waals surface area contributed by atoms with Gasteiger partial charge in [-0.05, 0) is 51.6 Å². The van der Waals surface area contributed by atoms with Crippen LogP contribution >= 0.6 is 0 Å². The predicted octanol–water partition coefficient (Wildman–Crippen LogP) is 2.56. The number of amides is 1. The summed E-state index contributed by atoms with van der Waals surface area (Å²) < 4.78 is 0. The van der Waals surface area contributed by atoms with Crippen LogP contribution in [0.15, 0.2) is 0 Å². The molecule has 0 aromatic carbocycles. The van der Waals surface area contributed by atoms with Crippen molar-refractivity contribution in [2.75, 3.05) is 13.6 Å². The van der Waals surface area contributed by atoms with E-state index < -0.39 is 0 Å². The van der Waals surface area contributed by atoms with Crippen molar-refractivity contribution in [3.05, 3.63) is 0 Å². The molecule has 0 bridgehead atoms. The van der Waals surface area contributed by atoms with E-state index in [4.69, 9.17) is 0 Å². The van der Waals surface area contributed by atoms with Gasteiger partial charge in [0.15, 0.2) is 0 Å². The lowest BCUT2D eigenvalue weighted by molar-refractivity contribution is -0.127. The van der Waals surface area contributed by atoms with Crippen LogP contribution in [0.4, 0.5) is 0 Å². The number of carbonyl (C=O) groups excluding carboxylic acids is 1. The SMILES string of the molecule is CCC(C(=O)NC1(C2CCCC2)CC1)N(C)CC. The van der Waals surface area contributed by atoms with Crippen LogP contribution < -0.4 is 5.32 Å². The van der Waals surface area contributed by atoms with Crippen LogP contribution in [0.25, 0.3) is 0 Å². The highest BCUT2D eigenvalue weighted by Crippen LogP contribution is 2.49. The second-order valence-corrected chi connectivity index (χ2v) is 6.12. The Bertz CT molecular complexity index is 293. The molecular formula is C15H28N2O. The summed E-state index contributed by atoms with van der Waals surface area (Å²) in [5, 5.41) is 3.39. The molecule has 0 spiro atoms. The van der Waals surface area contributed by atoms with Gasteiger partial charge in [0, 0.05) is 5.54 Å². The van der Waals surface area contributed by atoms with Gasteiger partial charge in [0.2, 0.25) is 5.91 Å². The summed E-state index contributed by atoms with van der Waals surface area (Å²) in [7, 11) is 2.04. The van der Waals surface area contributed by atoms with Crippen LogP contribution in [0, 0.1) is 5.92 Å². The Labute approximate surface area is 111 Å². The fourth-order valence-electron chi connectivity index (χ4n) is 3.49. The number of hydrogen-bond acceptors (Lipinski definition) is 2. The minimum Gasteiger partial charge on any atom is -0.349 e. The maximum absolute atomic E-state index is 12.4. The van der Waals surface area contributed by atoms with Crippen molar-refractivity contribution in [3.8, 4) is 0 Å². The minimum absolute atomic E-state index is 0.0499. The van der Waals surface area contributed by atoms with Crippen LogP contribution in [0.3, 0.4) is 0 Å². The van der Waals surface area contributed by atoms with Crippen molar-refractivity contribution in [1.29, 1.82) is 0 Å². The number of nitrogens with zero attached hydrogens (tertiary/aromatic N) is 1. The van der Waals surface area contributed by atoms with E-state index in [0.717, 1.165) is 18.9 Å². The Kier molecular flexibility index (Phi) is 4.31. The first-order chi connectivity index (χ1) is 8.63. The van der Waals surface area contributed by atoms with Gasteiger partial charge in [-0.25, -0.2) is 0 Å². The third kappa shape index (κ3) is 2.71. The predicted molar refractivity (Wildman–Crippen MR) is 74.4 cm³/mol. The zero-order chi connectivity index (χ0) is 13.2. The molecule has 1 amide bonds. The molecule has 0 saturated heterocycles. The molecular weight excluding hydrogens is 224 g/mol. The first-order valence-corrected chi connectivity index (χ1v) is 7.65. The molecule has 0 aromatic rings.